The molecule has 4 aromatic rings. The molecule has 0 fully saturated rings. The highest BCUT2D eigenvalue weighted by molar-refractivity contribution is 7.13. The largest absolute Gasteiger partial charge is 0.465 e. The molecule has 2 aromatic carbocycles. The Hall–Kier alpha value is -3.25. The van der Waals surface area contributed by atoms with Crippen LogP contribution in [0, 0.1) is 0 Å². The number of nitrogens with one attached hydrogen (secondary N) is 1. The molecule has 0 bridgehead atoms. The molecule has 4 rings (SSSR count). The van der Waals surface area contributed by atoms with Crippen LogP contribution in [0.15, 0.2) is 66.0 Å². The van der Waals surface area contributed by atoms with Gasteiger partial charge in [-0.25, -0.2) is 14.8 Å². The average Bonchev–Trinajstić information content (AvgIpc) is 3.23. The summed E-state index contributed by atoms with van der Waals surface area (Å²) < 4.78 is 4.73. The second-order valence-corrected chi connectivity index (χ2v) is 6.53. The summed E-state index contributed by atoms with van der Waals surface area (Å²) in [6.07, 6.45) is 0. The van der Waals surface area contributed by atoms with Gasteiger partial charge in [0.05, 0.1) is 23.1 Å². The number of esters is 1. The maximum absolute atomic E-state index is 11.6. The van der Waals surface area contributed by atoms with Gasteiger partial charge in [0.15, 0.2) is 5.82 Å². The van der Waals surface area contributed by atoms with Crippen molar-refractivity contribution >= 4 is 39.7 Å². The molecule has 2 aromatic heterocycles. The Bertz CT molecular complexity index is 1060. The number of hydrogen-bond acceptors (Lipinski definition) is 6. The molecule has 2 heterocycles. The average molecular weight is 361 g/mol. The van der Waals surface area contributed by atoms with Crippen molar-refractivity contribution in [1.29, 1.82) is 0 Å². The van der Waals surface area contributed by atoms with Crippen molar-refractivity contribution in [2.75, 3.05) is 12.4 Å². The van der Waals surface area contributed by atoms with Gasteiger partial charge in [-0.05, 0) is 47.8 Å². The quantitative estimate of drug-likeness (QED) is 0.524. The summed E-state index contributed by atoms with van der Waals surface area (Å²) >= 11 is 1.60. The van der Waals surface area contributed by atoms with Crippen LogP contribution < -0.4 is 5.32 Å². The Morgan fingerprint density at radius 1 is 1.00 bits per heavy atom. The van der Waals surface area contributed by atoms with Gasteiger partial charge >= 0.3 is 5.97 Å². The van der Waals surface area contributed by atoms with E-state index in [-0.39, 0.29) is 5.97 Å². The van der Waals surface area contributed by atoms with Crippen LogP contribution in [0.4, 0.5) is 11.5 Å². The number of hydrogen-bond donors (Lipinski definition) is 1. The number of carbonyl (C=O) groups is 1. The highest BCUT2D eigenvalue weighted by Crippen LogP contribution is 2.29. The highest BCUT2D eigenvalue weighted by atomic mass is 32.1. The van der Waals surface area contributed by atoms with Crippen molar-refractivity contribution in [2.45, 2.75) is 0 Å². The zero-order valence-electron chi connectivity index (χ0n) is 14.0. The predicted octanol–water partition coefficient (Wildman–Crippen LogP) is 4.89. The van der Waals surface area contributed by atoms with Crippen molar-refractivity contribution in [3.8, 4) is 10.7 Å². The molecule has 26 heavy (non-hydrogen) atoms. The van der Waals surface area contributed by atoms with E-state index in [1.165, 1.54) is 7.11 Å². The Balaban J connectivity index is 1.74. The Kier molecular flexibility index (Phi) is 4.33. The molecule has 0 amide bonds. The van der Waals surface area contributed by atoms with Crippen molar-refractivity contribution in [3.63, 3.8) is 0 Å². The second-order valence-electron chi connectivity index (χ2n) is 5.58. The van der Waals surface area contributed by atoms with E-state index in [1.807, 2.05) is 53.9 Å². The molecule has 0 spiro atoms. The first-order valence-electron chi connectivity index (χ1n) is 8.00. The van der Waals surface area contributed by atoms with Crippen LogP contribution in [0.25, 0.3) is 21.6 Å². The van der Waals surface area contributed by atoms with Gasteiger partial charge in [-0.15, -0.1) is 11.3 Å². The number of anilines is 2. The molecule has 0 aliphatic heterocycles. The molecule has 1 N–H and O–H groups in total. The molecule has 0 saturated carbocycles. The van der Waals surface area contributed by atoms with E-state index >= 15 is 0 Å². The lowest BCUT2D eigenvalue weighted by molar-refractivity contribution is 0.0601. The molecule has 0 aliphatic carbocycles. The van der Waals surface area contributed by atoms with Crippen LogP contribution in [0.5, 0.6) is 0 Å². The van der Waals surface area contributed by atoms with Crippen LogP contribution in [0.3, 0.4) is 0 Å². The minimum Gasteiger partial charge on any atom is -0.465 e. The normalized spacial score (nSPS) is 10.7. The van der Waals surface area contributed by atoms with Crippen LogP contribution in [0.1, 0.15) is 10.4 Å². The zero-order valence-corrected chi connectivity index (χ0v) is 14.8. The summed E-state index contributed by atoms with van der Waals surface area (Å²) in [6, 6.07) is 19.0. The fourth-order valence-corrected chi connectivity index (χ4v) is 3.29. The van der Waals surface area contributed by atoms with E-state index in [1.54, 1.807) is 23.5 Å². The molecular weight excluding hydrogens is 346 g/mol. The van der Waals surface area contributed by atoms with Crippen LogP contribution in [-0.2, 0) is 4.74 Å². The summed E-state index contributed by atoms with van der Waals surface area (Å²) in [5.41, 5.74) is 2.21. The molecule has 0 aliphatic rings. The summed E-state index contributed by atoms with van der Waals surface area (Å²) in [5.74, 6) is 1.06. The number of rotatable bonds is 4. The number of ether oxygens (including phenoxy) is 1. The monoisotopic (exact) mass is 361 g/mol. The van der Waals surface area contributed by atoms with Crippen molar-refractivity contribution < 1.29 is 9.53 Å². The summed E-state index contributed by atoms with van der Waals surface area (Å²) in [7, 11) is 1.37. The van der Waals surface area contributed by atoms with Gasteiger partial charge in [0.2, 0.25) is 0 Å². The van der Waals surface area contributed by atoms with Gasteiger partial charge in [-0.1, -0.05) is 18.2 Å². The van der Waals surface area contributed by atoms with Gasteiger partial charge in [0, 0.05) is 11.1 Å². The highest BCUT2D eigenvalue weighted by Gasteiger charge is 2.11. The Morgan fingerprint density at radius 2 is 1.81 bits per heavy atom. The first-order valence-corrected chi connectivity index (χ1v) is 8.88. The third-order valence-corrected chi connectivity index (χ3v) is 4.78. The van der Waals surface area contributed by atoms with Gasteiger partial charge < -0.3 is 10.1 Å². The minimum absolute atomic E-state index is 0.357. The fourth-order valence-electron chi connectivity index (χ4n) is 2.63. The first kappa shape index (κ1) is 16.2. The maximum atomic E-state index is 11.6. The van der Waals surface area contributed by atoms with E-state index in [2.05, 4.69) is 10.3 Å². The number of thiophene rings is 1. The molecule has 0 atom stereocenters. The summed E-state index contributed by atoms with van der Waals surface area (Å²) in [4.78, 5) is 22.0. The number of carbonyl (C=O) groups excluding carboxylic acids is 1. The zero-order chi connectivity index (χ0) is 17.9. The van der Waals surface area contributed by atoms with Crippen LogP contribution in [0.2, 0.25) is 0 Å². The molecule has 6 heteroatoms. The smallest absolute Gasteiger partial charge is 0.337 e. The van der Waals surface area contributed by atoms with Gasteiger partial charge in [-0.2, -0.15) is 0 Å². The number of methoxy groups -OCH3 is 1. The maximum Gasteiger partial charge on any atom is 0.337 e. The molecular formula is C20H15N3O2S. The first-order chi connectivity index (χ1) is 12.7. The third kappa shape index (κ3) is 3.14. The topological polar surface area (TPSA) is 64.1 Å². The van der Waals surface area contributed by atoms with E-state index in [9.17, 15) is 4.79 Å². The lowest BCUT2D eigenvalue weighted by Gasteiger charge is -2.11. The number of fused-ring (bicyclic) bond motifs is 1. The third-order valence-electron chi connectivity index (χ3n) is 3.91. The SMILES string of the molecule is COC(=O)c1ccc(Nc2nc(-c3cccs3)nc3ccccc23)cc1. The Morgan fingerprint density at radius 3 is 2.54 bits per heavy atom. The van der Waals surface area contributed by atoms with E-state index in [0.29, 0.717) is 11.4 Å². The van der Waals surface area contributed by atoms with E-state index in [4.69, 9.17) is 9.72 Å². The Labute approximate surface area is 154 Å². The van der Waals surface area contributed by atoms with Crippen molar-refractivity contribution in [2.24, 2.45) is 0 Å². The number of aromatic nitrogens is 2. The van der Waals surface area contributed by atoms with E-state index < -0.39 is 0 Å². The fraction of sp³-hybridized carbons (Fsp3) is 0.0500. The molecule has 0 radical (unpaired) electrons. The molecule has 5 nitrogen and oxygen atoms in total. The molecule has 0 saturated heterocycles. The molecule has 128 valence electrons. The molecule has 0 unspecified atom stereocenters. The van der Waals surface area contributed by atoms with Crippen molar-refractivity contribution in [3.05, 3.63) is 71.6 Å². The van der Waals surface area contributed by atoms with Gasteiger partial charge in [0.1, 0.15) is 5.82 Å². The van der Waals surface area contributed by atoms with Crippen LogP contribution >= 0.6 is 11.3 Å². The number of benzene rings is 2. The standard InChI is InChI=1S/C20H15N3O2S/c1-25-20(24)13-8-10-14(11-9-13)21-18-15-5-2-3-6-16(15)22-19(23-18)17-7-4-12-26-17/h2-12H,1H3,(H,21,22,23). The lowest BCUT2D eigenvalue weighted by Crippen LogP contribution is -2.02. The van der Waals surface area contributed by atoms with Crippen LogP contribution in [-0.4, -0.2) is 23.0 Å². The minimum atomic E-state index is -0.357. The summed E-state index contributed by atoms with van der Waals surface area (Å²) in [5, 5.41) is 6.28. The van der Waals surface area contributed by atoms with Gasteiger partial charge in [0.25, 0.3) is 0 Å². The lowest BCUT2D eigenvalue weighted by atomic mass is 10.2. The number of nitrogens with zero attached hydrogens (tertiary/aromatic N) is 2. The summed E-state index contributed by atoms with van der Waals surface area (Å²) in [6.45, 7) is 0. The predicted molar refractivity (Wildman–Crippen MR) is 104 cm³/mol. The van der Waals surface area contributed by atoms with Crippen molar-refractivity contribution in [1.82, 2.24) is 9.97 Å². The number of para-hydroxylation sites is 1. The van der Waals surface area contributed by atoms with E-state index in [0.717, 1.165) is 27.3 Å². The van der Waals surface area contributed by atoms with Gasteiger partial charge in [-0.3, -0.25) is 0 Å². The second kappa shape index (κ2) is 6.93.